The Kier molecular flexibility index (Phi) is 8.72. The maximum atomic E-state index is 5.22. The first-order valence-electron chi connectivity index (χ1n) is 8.37. The van der Waals surface area contributed by atoms with E-state index in [1.165, 1.54) is 51.6 Å². The lowest BCUT2D eigenvalue weighted by atomic mass is 9.71. The molecule has 1 rings (SSSR count). The van der Waals surface area contributed by atoms with Gasteiger partial charge >= 0.3 is 0 Å². The van der Waals surface area contributed by atoms with Crippen LogP contribution in [-0.4, -0.2) is 26.8 Å². The van der Waals surface area contributed by atoms with Gasteiger partial charge in [0, 0.05) is 13.7 Å². The topological polar surface area (TPSA) is 21.3 Å². The molecule has 0 bridgehead atoms. The summed E-state index contributed by atoms with van der Waals surface area (Å²) in [5, 5.41) is 3.68. The van der Waals surface area contributed by atoms with Crippen LogP contribution in [0.1, 0.15) is 59.3 Å². The zero-order valence-electron chi connectivity index (χ0n) is 13.6. The van der Waals surface area contributed by atoms with Crippen LogP contribution in [-0.2, 0) is 4.74 Å². The number of hydrogen-bond donors (Lipinski definition) is 1. The Labute approximate surface area is 120 Å². The van der Waals surface area contributed by atoms with Crippen molar-refractivity contribution in [3.05, 3.63) is 0 Å². The molecule has 0 spiro atoms. The minimum absolute atomic E-state index is 0.763. The van der Waals surface area contributed by atoms with Crippen LogP contribution in [0, 0.1) is 23.7 Å². The molecule has 3 unspecified atom stereocenters. The van der Waals surface area contributed by atoms with Gasteiger partial charge in [0.15, 0.2) is 0 Å². The van der Waals surface area contributed by atoms with Crippen LogP contribution in [0.2, 0.25) is 0 Å². The average molecular weight is 269 g/mol. The van der Waals surface area contributed by atoms with Gasteiger partial charge in [0.2, 0.25) is 0 Å². The zero-order chi connectivity index (χ0) is 14.1. The second kappa shape index (κ2) is 9.77. The Morgan fingerprint density at radius 1 is 1.21 bits per heavy atom. The quantitative estimate of drug-likeness (QED) is 0.636. The van der Waals surface area contributed by atoms with E-state index >= 15 is 0 Å². The van der Waals surface area contributed by atoms with Crippen molar-refractivity contribution in [2.45, 2.75) is 59.3 Å². The average Bonchev–Trinajstić information content (AvgIpc) is 2.40. The van der Waals surface area contributed by atoms with Gasteiger partial charge in [0.1, 0.15) is 0 Å². The van der Waals surface area contributed by atoms with Gasteiger partial charge < -0.3 is 10.1 Å². The molecule has 1 aliphatic carbocycles. The number of hydrogen-bond acceptors (Lipinski definition) is 2. The van der Waals surface area contributed by atoms with Gasteiger partial charge in [-0.15, -0.1) is 0 Å². The number of methoxy groups -OCH3 is 1. The summed E-state index contributed by atoms with van der Waals surface area (Å²) in [5.41, 5.74) is 0. The molecule has 0 radical (unpaired) electrons. The molecule has 0 aromatic rings. The highest BCUT2D eigenvalue weighted by molar-refractivity contribution is 4.81. The molecule has 0 amide bonds. The summed E-state index contributed by atoms with van der Waals surface area (Å²) in [6.07, 6.45) is 8.30. The summed E-state index contributed by atoms with van der Waals surface area (Å²) in [7, 11) is 1.82. The van der Waals surface area contributed by atoms with E-state index < -0.39 is 0 Å². The molecule has 0 aromatic heterocycles. The van der Waals surface area contributed by atoms with Crippen molar-refractivity contribution in [2.24, 2.45) is 23.7 Å². The molecule has 1 aliphatic rings. The first-order chi connectivity index (χ1) is 9.17. The monoisotopic (exact) mass is 269 g/mol. The van der Waals surface area contributed by atoms with Crippen molar-refractivity contribution in [3.8, 4) is 0 Å². The van der Waals surface area contributed by atoms with Crippen molar-refractivity contribution in [1.29, 1.82) is 0 Å². The smallest absolute Gasteiger partial charge is 0.0462 e. The number of nitrogens with one attached hydrogen (secondary N) is 1. The molecule has 3 atom stereocenters. The maximum absolute atomic E-state index is 5.22. The molecule has 0 aliphatic heterocycles. The van der Waals surface area contributed by atoms with Crippen LogP contribution in [0.25, 0.3) is 0 Å². The van der Waals surface area contributed by atoms with E-state index in [0.29, 0.717) is 0 Å². The van der Waals surface area contributed by atoms with Crippen molar-refractivity contribution in [2.75, 3.05) is 26.8 Å². The van der Waals surface area contributed by atoms with Crippen LogP contribution >= 0.6 is 0 Å². The minimum Gasteiger partial charge on any atom is -0.385 e. The van der Waals surface area contributed by atoms with Gasteiger partial charge in [-0.3, -0.25) is 0 Å². The highest BCUT2D eigenvalue weighted by atomic mass is 16.5. The van der Waals surface area contributed by atoms with Crippen LogP contribution in [0.3, 0.4) is 0 Å². The van der Waals surface area contributed by atoms with Gasteiger partial charge in [0.05, 0.1) is 0 Å². The van der Waals surface area contributed by atoms with E-state index in [0.717, 1.165) is 30.3 Å². The molecule has 1 saturated carbocycles. The third kappa shape index (κ3) is 6.76. The molecule has 1 fully saturated rings. The van der Waals surface area contributed by atoms with Gasteiger partial charge in [-0.05, 0) is 62.4 Å². The van der Waals surface area contributed by atoms with Crippen LogP contribution in [0.4, 0.5) is 0 Å². The van der Waals surface area contributed by atoms with Crippen LogP contribution in [0.5, 0.6) is 0 Å². The van der Waals surface area contributed by atoms with Crippen molar-refractivity contribution >= 4 is 0 Å². The predicted molar refractivity (Wildman–Crippen MR) is 83.4 cm³/mol. The molecule has 2 nitrogen and oxygen atoms in total. The van der Waals surface area contributed by atoms with Gasteiger partial charge in [-0.2, -0.15) is 0 Å². The molecule has 1 N–H and O–H groups in total. The fourth-order valence-corrected chi connectivity index (χ4v) is 3.46. The molecule has 114 valence electrons. The van der Waals surface area contributed by atoms with Gasteiger partial charge in [0.25, 0.3) is 0 Å². The van der Waals surface area contributed by atoms with Crippen LogP contribution < -0.4 is 5.32 Å². The van der Waals surface area contributed by atoms with Crippen molar-refractivity contribution in [3.63, 3.8) is 0 Å². The normalized spacial score (nSPS) is 27.9. The second-order valence-corrected chi connectivity index (χ2v) is 6.79. The lowest BCUT2D eigenvalue weighted by Gasteiger charge is -2.36. The zero-order valence-corrected chi connectivity index (χ0v) is 13.6. The summed E-state index contributed by atoms with van der Waals surface area (Å²) in [6, 6.07) is 0. The summed E-state index contributed by atoms with van der Waals surface area (Å²) >= 11 is 0. The Morgan fingerprint density at radius 3 is 2.63 bits per heavy atom. The maximum Gasteiger partial charge on any atom is 0.0462 e. The fraction of sp³-hybridized carbons (Fsp3) is 1.00. The van der Waals surface area contributed by atoms with E-state index in [1.54, 1.807) is 0 Å². The van der Waals surface area contributed by atoms with E-state index in [4.69, 9.17) is 4.74 Å². The lowest BCUT2D eigenvalue weighted by Crippen LogP contribution is -2.34. The Balaban J connectivity index is 2.36. The van der Waals surface area contributed by atoms with Crippen molar-refractivity contribution < 1.29 is 4.74 Å². The largest absolute Gasteiger partial charge is 0.385 e. The molecule has 0 heterocycles. The first kappa shape index (κ1) is 17.0. The molecule has 2 heteroatoms. The van der Waals surface area contributed by atoms with E-state index in [-0.39, 0.29) is 0 Å². The fourth-order valence-electron chi connectivity index (χ4n) is 3.46. The predicted octanol–water partition coefficient (Wildman–Crippen LogP) is 4.10. The third-order valence-corrected chi connectivity index (χ3v) is 4.71. The van der Waals surface area contributed by atoms with E-state index in [2.05, 4.69) is 26.1 Å². The number of ether oxygens (including phenoxy) is 1. The molecular formula is C17H35NO. The van der Waals surface area contributed by atoms with Gasteiger partial charge in [-0.25, -0.2) is 0 Å². The number of rotatable bonds is 9. The summed E-state index contributed by atoms with van der Waals surface area (Å²) < 4.78 is 5.22. The highest BCUT2D eigenvalue weighted by Gasteiger charge is 2.28. The second-order valence-electron chi connectivity index (χ2n) is 6.79. The Hall–Kier alpha value is -0.0800. The van der Waals surface area contributed by atoms with Crippen LogP contribution in [0.15, 0.2) is 0 Å². The van der Waals surface area contributed by atoms with Gasteiger partial charge in [-0.1, -0.05) is 33.6 Å². The standard InChI is InChI=1S/C17H35NO/c1-5-15-8-9-17(13-18-12-14(2)3)16(11-15)7-6-10-19-4/h14-18H,5-13H2,1-4H3. The molecule has 0 saturated heterocycles. The summed E-state index contributed by atoms with van der Waals surface area (Å²) in [5.74, 6) is 3.57. The summed E-state index contributed by atoms with van der Waals surface area (Å²) in [4.78, 5) is 0. The third-order valence-electron chi connectivity index (χ3n) is 4.71. The molecule has 0 aromatic carbocycles. The van der Waals surface area contributed by atoms with E-state index in [1.807, 2.05) is 7.11 Å². The minimum atomic E-state index is 0.763. The Bertz CT molecular complexity index is 217. The lowest BCUT2D eigenvalue weighted by molar-refractivity contribution is 0.137. The first-order valence-corrected chi connectivity index (χ1v) is 8.37. The van der Waals surface area contributed by atoms with E-state index in [9.17, 15) is 0 Å². The highest BCUT2D eigenvalue weighted by Crippen LogP contribution is 2.37. The summed E-state index contributed by atoms with van der Waals surface area (Å²) in [6.45, 7) is 10.3. The Morgan fingerprint density at radius 2 is 2.00 bits per heavy atom. The molecule has 19 heavy (non-hydrogen) atoms. The SMILES string of the molecule is CCC1CCC(CNCC(C)C)C(CCCOC)C1. The van der Waals surface area contributed by atoms with Crippen molar-refractivity contribution in [1.82, 2.24) is 5.32 Å². The molecular weight excluding hydrogens is 234 g/mol.